The van der Waals surface area contributed by atoms with Crippen molar-refractivity contribution in [2.24, 2.45) is 5.92 Å². The third-order valence-corrected chi connectivity index (χ3v) is 4.34. The summed E-state index contributed by atoms with van der Waals surface area (Å²) in [6, 6.07) is 5.85. The van der Waals surface area contributed by atoms with E-state index in [9.17, 15) is 4.79 Å². The Labute approximate surface area is 127 Å². The zero-order valence-electron chi connectivity index (χ0n) is 13.0. The molecule has 0 saturated heterocycles. The summed E-state index contributed by atoms with van der Waals surface area (Å²) in [6.45, 7) is 4.35. The molecule has 1 atom stereocenters. The lowest BCUT2D eigenvalue weighted by molar-refractivity contribution is 0.0527. The molecule has 1 aromatic rings. The molecule has 1 saturated carbocycles. The molecule has 0 spiro atoms. The molecule has 1 aromatic carbocycles. The maximum absolute atomic E-state index is 11.9. The number of nitrogens with one attached hydrogen (secondary N) is 1. The van der Waals surface area contributed by atoms with Gasteiger partial charge in [-0.2, -0.15) is 0 Å². The van der Waals surface area contributed by atoms with E-state index in [-0.39, 0.29) is 5.97 Å². The van der Waals surface area contributed by atoms with E-state index in [2.05, 4.69) is 12.2 Å². The van der Waals surface area contributed by atoms with E-state index in [1.807, 2.05) is 12.1 Å². The van der Waals surface area contributed by atoms with Crippen LogP contribution in [0.25, 0.3) is 0 Å². The van der Waals surface area contributed by atoms with Gasteiger partial charge in [0.25, 0.3) is 0 Å². The average Bonchev–Trinajstić information content (AvgIpc) is 2.50. The first-order chi connectivity index (χ1) is 10.1. The van der Waals surface area contributed by atoms with E-state index >= 15 is 0 Å². The summed E-state index contributed by atoms with van der Waals surface area (Å²) in [5.41, 5.74) is 7.89. The van der Waals surface area contributed by atoms with Gasteiger partial charge in [-0.05, 0) is 44.7 Å². The summed E-state index contributed by atoms with van der Waals surface area (Å²) in [7, 11) is 0. The van der Waals surface area contributed by atoms with Crippen molar-refractivity contribution >= 4 is 17.3 Å². The van der Waals surface area contributed by atoms with Crippen molar-refractivity contribution in [3.05, 3.63) is 23.8 Å². The largest absolute Gasteiger partial charge is 0.462 e. The number of esters is 1. The predicted octanol–water partition coefficient (Wildman–Crippen LogP) is 3.83. The molecule has 1 fully saturated rings. The van der Waals surface area contributed by atoms with E-state index in [1.54, 1.807) is 13.0 Å². The Balaban J connectivity index is 2.09. The summed E-state index contributed by atoms with van der Waals surface area (Å²) in [6.07, 6.45) is 6.52. The molecule has 0 heterocycles. The molecule has 4 nitrogen and oxygen atoms in total. The molecule has 0 radical (unpaired) electrons. The maximum Gasteiger partial charge on any atom is 0.340 e. The third kappa shape index (κ3) is 3.90. The number of nitrogen functional groups attached to an aromatic ring is 1. The van der Waals surface area contributed by atoms with Crippen molar-refractivity contribution in [2.45, 2.75) is 52.0 Å². The summed E-state index contributed by atoms with van der Waals surface area (Å²) in [5, 5.41) is 3.48. The van der Waals surface area contributed by atoms with Crippen LogP contribution in [0.4, 0.5) is 11.4 Å². The van der Waals surface area contributed by atoms with Gasteiger partial charge in [-0.15, -0.1) is 0 Å². The van der Waals surface area contributed by atoms with E-state index < -0.39 is 0 Å². The van der Waals surface area contributed by atoms with Gasteiger partial charge in [-0.1, -0.05) is 25.3 Å². The normalized spacial score (nSPS) is 17.2. The molecular weight excluding hydrogens is 264 g/mol. The van der Waals surface area contributed by atoms with E-state index in [0.29, 0.717) is 29.8 Å². The summed E-state index contributed by atoms with van der Waals surface area (Å²) in [4.78, 5) is 11.9. The number of rotatable bonds is 5. The fourth-order valence-electron chi connectivity index (χ4n) is 3.08. The van der Waals surface area contributed by atoms with Gasteiger partial charge < -0.3 is 15.8 Å². The lowest BCUT2D eigenvalue weighted by Crippen LogP contribution is -2.28. The molecule has 0 aliphatic heterocycles. The monoisotopic (exact) mass is 290 g/mol. The number of ether oxygens (including phenoxy) is 1. The van der Waals surface area contributed by atoms with Crippen LogP contribution in [-0.2, 0) is 4.74 Å². The molecule has 4 heteroatoms. The minimum absolute atomic E-state index is 0.356. The second-order valence-corrected chi connectivity index (χ2v) is 5.82. The second kappa shape index (κ2) is 7.34. The molecule has 2 rings (SSSR count). The molecular formula is C17H26N2O2. The van der Waals surface area contributed by atoms with Crippen molar-refractivity contribution < 1.29 is 9.53 Å². The van der Waals surface area contributed by atoms with Crippen LogP contribution < -0.4 is 11.1 Å². The smallest absolute Gasteiger partial charge is 0.340 e. The summed E-state index contributed by atoms with van der Waals surface area (Å²) in [5.74, 6) is 0.327. The number of benzene rings is 1. The highest BCUT2D eigenvalue weighted by Gasteiger charge is 2.21. The van der Waals surface area contributed by atoms with Gasteiger partial charge in [0.05, 0.1) is 23.5 Å². The summed E-state index contributed by atoms with van der Waals surface area (Å²) >= 11 is 0. The molecule has 0 amide bonds. The molecule has 0 bridgehead atoms. The van der Waals surface area contributed by atoms with Crippen LogP contribution in [0.2, 0.25) is 0 Å². The zero-order chi connectivity index (χ0) is 15.2. The topological polar surface area (TPSA) is 64.3 Å². The standard InChI is InChI=1S/C17H26N2O2/c1-3-21-17(20)14-10-7-11-15(16(14)18)19-12(2)13-8-5-4-6-9-13/h7,10-13,19H,3-6,8-9,18H2,1-2H3. The quantitative estimate of drug-likeness (QED) is 0.639. The first-order valence-electron chi connectivity index (χ1n) is 7.95. The molecule has 1 aliphatic carbocycles. The zero-order valence-corrected chi connectivity index (χ0v) is 13.0. The Hall–Kier alpha value is -1.71. The fourth-order valence-corrected chi connectivity index (χ4v) is 3.08. The van der Waals surface area contributed by atoms with Crippen molar-refractivity contribution in [2.75, 3.05) is 17.7 Å². The number of hydrogen-bond donors (Lipinski definition) is 2. The van der Waals surface area contributed by atoms with Crippen LogP contribution in [0, 0.1) is 5.92 Å². The van der Waals surface area contributed by atoms with Crippen LogP contribution in [0.5, 0.6) is 0 Å². The van der Waals surface area contributed by atoms with Gasteiger partial charge in [0.1, 0.15) is 0 Å². The number of carbonyl (C=O) groups excluding carboxylic acids is 1. The number of carbonyl (C=O) groups is 1. The van der Waals surface area contributed by atoms with Gasteiger partial charge in [0.15, 0.2) is 0 Å². The Morgan fingerprint density at radius 3 is 2.76 bits per heavy atom. The molecule has 3 N–H and O–H groups in total. The SMILES string of the molecule is CCOC(=O)c1cccc(NC(C)C2CCCCC2)c1N. The molecule has 21 heavy (non-hydrogen) atoms. The Morgan fingerprint density at radius 2 is 2.10 bits per heavy atom. The minimum Gasteiger partial charge on any atom is -0.462 e. The highest BCUT2D eigenvalue weighted by molar-refractivity contribution is 5.98. The highest BCUT2D eigenvalue weighted by Crippen LogP contribution is 2.30. The van der Waals surface area contributed by atoms with Crippen molar-refractivity contribution in [1.82, 2.24) is 0 Å². The molecule has 116 valence electrons. The van der Waals surface area contributed by atoms with E-state index in [0.717, 1.165) is 5.69 Å². The Morgan fingerprint density at radius 1 is 1.38 bits per heavy atom. The van der Waals surface area contributed by atoms with Crippen molar-refractivity contribution in [1.29, 1.82) is 0 Å². The van der Waals surface area contributed by atoms with Crippen LogP contribution >= 0.6 is 0 Å². The third-order valence-electron chi connectivity index (χ3n) is 4.34. The van der Waals surface area contributed by atoms with Gasteiger partial charge in [0.2, 0.25) is 0 Å². The van der Waals surface area contributed by atoms with Gasteiger partial charge in [-0.25, -0.2) is 4.79 Å². The predicted molar refractivity (Wildman–Crippen MR) is 86.5 cm³/mol. The minimum atomic E-state index is -0.357. The van der Waals surface area contributed by atoms with Gasteiger partial charge in [-0.3, -0.25) is 0 Å². The first kappa shape index (κ1) is 15.7. The van der Waals surface area contributed by atoms with Crippen LogP contribution in [0.1, 0.15) is 56.3 Å². The van der Waals surface area contributed by atoms with Crippen LogP contribution in [0.15, 0.2) is 18.2 Å². The number of anilines is 2. The van der Waals surface area contributed by atoms with Crippen LogP contribution in [0.3, 0.4) is 0 Å². The summed E-state index contributed by atoms with van der Waals surface area (Å²) < 4.78 is 5.04. The van der Waals surface area contributed by atoms with E-state index in [4.69, 9.17) is 10.5 Å². The van der Waals surface area contributed by atoms with Gasteiger partial charge >= 0.3 is 5.97 Å². The van der Waals surface area contributed by atoms with Crippen LogP contribution in [-0.4, -0.2) is 18.6 Å². The average molecular weight is 290 g/mol. The van der Waals surface area contributed by atoms with Crippen molar-refractivity contribution in [3.8, 4) is 0 Å². The van der Waals surface area contributed by atoms with Gasteiger partial charge in [0, 0.05) is 6.04 Å². The lowest BCUT2D eigenvalue weighted by atomic mass is 9.84. The fraction of sp³-hybridized carbons (Fsp3) is 0.588. The van der Waals surface area contributed by atoms with E-state index in [1.165, 1.54) is 32.1 Å². The Bertz CT molecular complexity index is 482. The number of nitrogens with two attached hydrogens (primary N) is 1. The second-order valence-electron chi connectivity index (χ2n) is 5.82. The maximum atomic E-state index is 11.9. The highest BCUT2D eigenvalue weighted by atomic mass is 16.5. The lowest BCUT2D eigenvalue weighted by Gasteiger charge is -2.29. The number of para-hydroxylation sites is 1. The number of hydrogen-bond acceptors (Lipinski definition) is 4. The first-order valence-corrected chi connectivity index (χ1v) is 7.95. The molecule has 1 unspecified atom stereocenters. The molecule has 0 aromatic heterocycles. The Kier molecular flexibility index (Phi) is 5.48. The van der Waals surface area contributed by atoms with Crippen molar-refractivity contribution in [3.63, 3.8) is 0 Å². The molecule has 1 aliphatic rings.